The van der Waals surface area contributed by atoms with Crippen LogP contribution in [0.5, 0.6) is 0 Å². The van der Waals surface area contributed by atoms with Crippen LogP contribution in [0, 0.1) is 5.82 Å². The van der Waals surface area contributed by atoms with Gasteiger partial charge in [-0.05, 0) is 43.0 Å². The number of piperidine rings is 1. The highest BCUT2D eigenvalue weighted by atomic mass is 19.1. The third-order valence-corrected chi connectivity index (χ3v) is 4.80. The van der Waals surface area contributed by atoms with E-state index in [0.717, 1.165) is 31.5 Å². The lowest BCUT2D eigenvalue weighted by Gasteiger charge is -2.24. The van der Waals surface area contributed by atoms with E-state index < -0.39 is 17.8 Å². The summed E-state index contributed by atoms with van der Waals surface area (Å²) in [5, 5.41) is 11.3. The second kappa shape index (κ2) is 8.21. The van der Waals surface area contributed by atoms with Crippen LogP contribution in [0.2, 0.25) is 0 Å². The molecule has 1 aliphatic rings. The third-order valence-electron chi connectivity index (χ3n) is 4.80. The molecule has 2 heterocycles. The maximum Gasteiger partial charge on any atom is 0.318 e. The number of nitrogens with one attached hydrogen (secondary N) is 1. The van der Waals surface area contributed by atoms with Gasteiger partial charge in [0.2, 0.25) is 5.89 Å². The molecule has 6 nitrogen and oxygen atoms in total. The van der Waals surface area contributed by atoms with Gasteiger partial charge in [-0.1, -0.05) is 41.5 Å². The summed E-state index contributed by atoms with van der Waals surface area (Å²) < 4.78 is 19.4. The smallest absolute Gasteiger partial charge is 0.318 e. The Morgan fingerprint density at radius 2 is 1.82 bits per heavy atom. The number of nitrogens with zero attached hydrogens (tertiary/aromatic N) is 3. The first kappa shape index (κ1) is 18.2. The fourth-order valence-corrected chi connectivity index (χ4v) is 3.33. The van der Waals surface area contributed by atoms with Crippen molar-refractivity contribution in [3.8, 4) is 0 Å². The van der Waals surface area contributed by atoms with Crippen LogP contribution in [-0.4, -0.2) is 29.2 Å². The summed E-state index contributed by atoms with van der Waals surface area (Å²) in [5.74, 6) is -0.573. The van der Waals surface area contributed by atoms with Crippen molar-refractivity contribution >= 4 is 11.9 Å². The van der Waals surface area contributed by atoms with Crippen molar-refractivity contribution in [2.24, 2.45) is 0 Å². The lowest BCUT2D eigenvalue weighted by Crippen LogP contribution is -2.30. The van der Waals surface area contributed by atoms with Crippen LogP contribution in [0.1, 0.15) is 47.1 Å². The van der Waals surface area contributed by atoms with E-state index >= 15 is 0 Å². The molecule has 1 aliphatic heterocycles. The first-order chi connectivity index (χ1) is 13.7. The molecule has 0 bridgehead atoms. The number of benzene rings is 2. The molecule has 1 saturated heterocycles. The van der Waals surface area contributed by atoms with E-state index in [1.165, 1.54) is 24.6 Å². The molecule has 1 aromatic heterocycles. The van der Waals surface area contributed by atoms with Crippen LogP contribution in [0.15, 0.2) is 59.0 Å². The van der Waals surface area contributed by atoms with Crippen molar-refractivity contribution in [3.05, 3.63) is 77.4 Å². The lowest BCUT2D eigenvalue weighted by atomic mass is 10.1. The van der Waals surface area contributed by atoms with Crippen LogP contribution in [0.25, 0.3) is 0 Å². The molecule has 28 heavy (non-hydrogen) atoms. The Labute approximate surface area is 162 Å². The van der Waals surface area contributed by atoms with E-state index in [9.17, 15) is 9.18 Å². The van der Waals surface area contributed by atoms with Gasteiger partial charge in [-0.3, -0.25) is 4.79 Å². The maximum atomic E-state index is 13.5. The monoisotopic (exact) mass is 380 g/mol. The molecule has 144 valence electrons. The molecule has 1 amide bonds. The van der Waals surface area contributed by atoms with Gasteiger partial charge in [0, 0.05) is 18.7 Å². The third kappa shape index (κ3) is 4.03. The number of aromatic nitrogens is 2. The highest BCUT2D eigenvalue weighted by Gasteiger charge is 2.25. The largest absolute Gasteiger partial charge is 0.405 e. The predicted molar refractivity (Wildman–Crippen MR) is 103 cm³/mol. The van der Waals surface area contributed by atoms with Crippen molar-refractivity contribution in [3.63, 3.8) is 0 Å². The zero-order valence-corrected chi connectivity index (χ0v) is 15.3. The summed E-state index contributed by atoms with van der Waals surface area (Å²) in [7, 11) is 0. The molecule has 0 spiro atoms. The topological polar surface area (TPSA) is 71.3 Å². The Hall–Kier alpha value is -3.22. The van der Waals surface area contributed by atoms with Gasteiger partial charge in [0.05, 0.1) is 0 Å². The van der Waals surface area contributed by atoms with Crippen LogP contribution < -0.4 is 10.2 Å². The van der Waals surface area contributed by atoms with Crippen LogP contribution in [0.4, 0.5) is 10.4 Å². The maximum absolute atomic E-state index is 13.5. The molecule has 0 aliphatic carbocycles. The van der Waals surface area contributed by atoms with Gasteiger partial charge in [0.25, 0.3) is 5.91 Å². The van der Waals surface area contributed by atoms with E-state index in [4.69, 9.17) is 4.42 Å². The van der Waals surface area contributed by atoms with Crippen molar-refractivity contribution < 1.29 is 13.6 Å². The van der Waals surface area contributed by atoms with Gasteiger partial charge in [-0.2, -0.15) is 0 Å². The Morgan fingerprint density at radius 3 is 2.57 bits per heavy atom. The number of halogens is 1. The Balaban J connectivity index is 1.61. The highest BCUT2D eigenvalue weighted by molar-refractivity contribution is 5.94. The van der Waals surface area contributed by atoms with E-state index in [-0.39, 0.29) is 5.56 Å². The van der Waals surface area contributed by atoms with Gasteiger partial charge in [0.1, 0.15) is 11.9 Å². The Morgan fingerprint density at radius 1 is 1.04 bits per heavy atom. The Bertz CT molecular complexity index is 938. The molecular weight excluding hydrogens is 359 g/mol. The quantitative estimate of drug-likeness (QED) is 0.730. The van der Waals surface area contributed by atoms with E-state index in [1.54, 1.807) is 6.07 Å². The minimum atomic E-state index is -0.622. The van der Waals surface area contributed by atoms with Crippen molar-refractivity contribution in [1.82, 2.24) is 15.5 Å². The van der Waals surface area contributed by atoms with Crippen LogP contribution in [-0.2, 0) is 0 Å². The molecule has 1 N–H and O–H groups in total. The molecule has 7 heteroatoms. The molecule has 0 saturated carbocycles. The SMILES string of the molecule is O=C(N[C@@H](c1ccccc1)c1nnc(N2CCCCC2)o1)c1cccc(F)c1. The van der Waals surface area contributed by atoms with Crippen molar-refractivity contribution in [2.75, 3.05) is 18.0 Å². The number of hydrogen-bond donors (Lipinski definition) is 1. The van der Waals surface area contributed by atoms with Gasteiger partial charge in [-0.15, -0.1) is 5.10 Å². The lowest BCUT2D eigenvalue weighted by molar-refractivity contribution is 0.0937. The second-order valence-electron chi connectivity index (χ2n) is 6.80. The fourth-order valence-electron chi connectivity index (χ4n) is 3.33. The standard InChI is InChI=1S/C21H21FN4O2/c22-17-11-7-10-16(14-17)19(27)23-18(15-8-3-1-4-9-15)20-24-25-21(28-20)26-12-5-2-6-13-26/h1,3-4,7-11,14,18H,2,5-6,12-13H2,(H,23,27)/t18-/m0/s1. The molecular formula is C21H21FN4O2. The summed E-state index contributed by atoms with van der Waals surface area (Å²) in [6.07, 6.45) is 3.39. The highest BCUT2D eigenvalue weighted by Crippen LogP contribution is 2.25. The minimum Gasteiger partial charge on any atom is -0.405 e. The number of carbonyl (C=O) groups is 1. The fraction of sp³-hybridized carbons (Fsp3) is 0.286. The number of hydrogen-bond acceptors (Lipinski definition) is 5. The Kier molecular flexibility index (Phi) is 5.32. The second-order valence-corrected chi connectivity index (χ2v) is 6.80. The van der Waals surface area contributed by atoms with Gasteiger partial charge >= 0.3 is 6.01 Å². The van der Waals surface area contributed by atoms with Crippen molar-refractivity contribution in [2.45, 2.75) is 25.3 Å². The van der Waals surface area contributed by atoms with E-state index in [2.05, 4.69) is 20.4 Å². The zero-order valence-electron chi connectivity index (χ0n) is 15.3. The van der Waals surface area contributed by atoms with Gasteiger partial charge < -0.3 is 14.6 Å². The minimum absolute atomic E-state index is 0.233. The summed E-state index contributed by atoms with van der Waals surface area (Å²) in [6, 6.07) is 14.8. The average molecular weight is 380 g/mol. The van der Waals surface area contributed by atoms with Gasteiger partial charge in [-0.25, -0.2) is 4.39 Å². The molecule has 0 unspecified atom stereocenters. The summed E-state index contributed by atoms with van der Waals surface area (Å²) in [6.45, 7) is 1.76. The predicted octanol–water partition coefficient (Wildman–Crippen LogP) is 3.72. The molecule has 0 radical (unpaired) electrons. The number of amides is 1. The zero-order chi connectivity index (χ0) is 19.3. The molecule has 1 fully saturated rings. The number of carbonyl (C=O) groups excluding carboxylic acids is 1. The number of rotatable bonds is 5. The first-order valence-corrected chi connectivity index (χ1v) is 9.40. The van der Waals surface area contributed by atoms with Gasteiger partial charge in [0.15, 0.2) is 0 Å². The summed E-state index contributed by atoms with van der Waals surface area (Å²) in [5.41, 5.74) is 1.04. The first-order valence-electron chi connectivity index (χ1n) is 9.40. The average Bonchev–Trinajstić information content (AvgIpc) is 3.23. The van der Waals surface area contributed by atoms with E-state index in [0.29, 0.717) is 11.9 Å². The number of anilines is 1. The van der Waals surface area contributed by atoms with Crippen LogP contribution >= 0.6 is 0 Å². The molecule has 2 aromatic carbocycles. The summed E-state index contributed by atoms with van der Waals surface area (Å²) >= 11 is 0. The normalized spacial score (nSPS) is 15.2. The van der Waals surface area contributed by atoms with Crippen LogP contribution in [0.3, 0.4) is 0 Å². The molecule has 4 rings (SSSR count). The summed E-state index contributed by atoms with van der Waals surface area (Å²) in [4.78, 5) is 14.8. The van der Waals surface area contributed by atoms with E-state index in [1.807, 2.05) is 30.3 Å². The van der Waals surface area contributed by atoms with Crippen molar-refractivity contribution in [1.29, 1.82) is 0 Å². The molecule has 3 aromatic rings. The molecule has 1 atom stereocenters.